The van der Waals surface area contributed by atoms with Crippen LogP contribution in [0.2, 0.25) is 0 Å². The Morgan fingerprint density at radius 3 is 2.80 bits per heavy atom. The standard InChI is InChI=1S/C12H22N2O/c1-4-11-7-5-6-8-14(11)9-12(2,3)13-10-15/h11H,4-9H2,1-3H3. The summed E-state index contributed by atoms with van der Waals surface area (Å²) in [5.74, 6) is 0. The maximum absolute atomic E-state index is 10.3. The summed E-state index contributed by atoms with van der Waals surface area (Å²) in [4.78, 5) is 16.7. The van der Waals surface area contributed by atoms with E-state index >= 15 is 0 Å². The highest BCUT2D eigenvalue weighted by Crippen LogP contribution is 2.22. The van der Waals surface area contributed by atoms with Crippen molar-refractivity contribution in [2.24, 2.45) is 4.99 Å². The van der Waals surface area contributed by atoms with Gasteiger partial charge in [0.05, 0.1) is 5.54 Å². The molecule has 0 spiro atoms. The van der Waals surface area contributed by atoms with E-state index in [9.17, 15) is 4.79 Å². The fraction of sp³-hybridized carbons (Fsp3) is 0.917. The van der Waals surface area contributed by atoms with Crippen molar-refractivity contribution < 1.29 is 4.79 Å². The Morgan fingerprint density at radius 2 is 2.20 bits per heavy atom. The van der Waals surface area contributed by atoms with Crippen LogP contribution in [-0.2, 0) is 4.79 Å². The van der Waals surface area contributed by atoms with Crippen molar-refractivity contribution in [3.8, 4) is 0 Å². The lowest BCUT2D eigenvalue weighted by Crippen LogP contribution is -2.46. The van der Waals surface area contributed by atoms with E-state index in [0.29, 0.717) is 6.04 Å². The van der Waals surface area contributed by atoms with E-state index in [-0.39, 0.29) is 5.54 Å². The van der Waals surface area contributed by atoms with Gasteiger partial charge >= 0.3 is 0 Å². The van der Waals surface area contributed by atoms with Gasteiger partial charge in [-0.1, -0.05) is 13.3 Å². The SMILES string of the molecule is CCC1CCCCN1CC(C)(C)N=C=O. The molecule has 0 aliphatic carbocycles. The molecule has 0 bridgehead atoms. The summed E-state index contributed by atoms with van der Waals surface area (Å²) < 4.78 is 0. The van der Waals surface area contributed by atoms with Crippen LogP contribution < -0.4 is 0 Å². The van der Waals surface area contributed by atoms with Gasteiger partial charge in [-0.25, -0.2) is 4.79 Å². The van der Waals surface area contributed by atoms with Crippen LogP contribution in [0.25, 0.3) is 0 Å². The third-order valence-corrected chi connectivity index (χ3v) is 3.16. The molecule has 0 aromatic carbocycles. The Hall–Kier alpha value is -0.660. The van der Waals surface area contributed by atoms with Crippen molar-refractivity contribution in [2.45, 2.75) is 58.0 Å². The van der Waals surface area contributed by atoms with E-state index < -0.39 is 0 Å². The highest BCUT2D eigenvalue weighted by molar-refractivity contribution is 5.34. The van der Waals surface area contributed by atoms with Crippen LogP contribution in [0.3, 0.4) is 0 Å². The zero-order chi connectivity index (χ0) is 11.3. The number of rotatable bonds is 4. The van der Waals surface area contributed by atoms with Gasteiger partial charge in [0.15, 0.2) is 0 Å². The number of hydrogen-bond donors (Lipinski definition) is 0. The van der Waals surface area contributed by atoms with Gasteiger partial charge in [-0.15, -0.1) is 0 Å². The molecule has 0 radical (unpaired) electrons. The van der Waals surface area contributed by atoms with Crippen molar-refractivity contribution >= 4 is 6.08 Å². The molecule has 1 unspecified atom stereocenters. The normalized spacial score (nSPS) is 23.5. The van der Waals surface area contributed by atoms with E-state index in [2.05, 4.69) is 16.8 Å². The predicted molar refractivity (Wildman–Crippen MR) is 61.7 cm³/mol. The highest BCUT2D eigenvalue weighted by Gasteiger charge is 2.27. The summed E-state index contributed by atoms with van der Waals surface area (Å²) in [5.41, 5.74) is -0.285. The van der Waals surface area contributed by atoms with E-state index in [4.69, 9.17) is 0 Å². The van der Waals surface area contributed by atoms with E-state index in [0.717, 1.165) is 13.1 Å². The molecule has 3 nitrogen and oxygen atoms in total. The Morgan fingerprint density at radius 1 is 1.47 bits per heavy atom. The summed E-state index contributed by atoms with van der Waals surface area (Å²) in [7, 11) is 0. The van der Waals surface area contributed by atoms with Crippen molar-refractivity contribution in [3.05, 3.63) is 0 Å². The number of nitrogens with zero attached hydrogens (tertiary/aromatic N) is 2. The second-order valence-corrected chi connectivity index (χ2v) is 5.04. The molecule has 0 aromatic rings. The molecule has 1 heterocycles. The van der Waals surface area contributed by atoms with Crippen LogP contribution in [0.1, 0.15) is 46.5 Å². The minimum Gasteiger partial charge on any atom is -0.298 e. The quantitative estimate of drug-likeness (QED) is 0.527. The Kier molecular flexibility index (Phi) is 4.49. The lowest BCUT2D eigenvalue weighted by atomic mass is 9.96. The van der Waals surface area contributed by atoms with Gasteiger partial charge in [-0.05, 0) is 39.7 Å². The molecular weight excluding hydrogens is 188 g/mol. The molecular formula is C12H22N2O. The van der Waals surface area contributed by atoms with Crippen molar-refractivity contribution in [3.63, 3.8) is 0 Å². The van der Waals surface area contributed by atoms with E-state index in [1.807, 2.05) is 13.8 Å². The van der Waals surface area contributed by atoms with Gasteiger partial charge in [-0.3, -0.25) is 4.90 Å². The topological polar surface area (TPSA) is 32.7 Å². The van der Waals surface area contributed by atoms with Crippen LogP contribution in [0.4, 0.5) is 0 Å². The second kappa shape index (κ2) is 5.43. The monoisotopic (exact) mass is 210 g/mol. The van der Waals surface area contributed by atoms with Gasteiger partial charge in [0, 0.05) is 12.6 Å². The molecule has 1 aliphatic heterocycles. The highest BCUT2D eigenvalue weighted by atomic mass is 16.1. The summed E-state index contributed by atoms with van der Waals surface area (Å²) >= 11 is 0. The maximum atomic E-state index is 10.3. The smallest absolute Gasteiger partial charge is 0.235 e. The molecule has 1 fully saturated rings. The molecule has 1 saturated heterocycles. The van der Waals surface area contributed by atoms with Gasteiger partial charge in [0.25, 0.3) is 0 Å². The average Bonchev–Trinajstić information content (AvgIpc) is 2.17. The fourth-order valence-electron chi connectivity index (χ4n) is 2.39. The summed E-state index contributed by atoms with van der Waals surface area (Å²) in [6.45, 7) is 8.26. The molecule has 86 valence electrons. The van der Waals surface area contributed by atoms with E-state index in [1.165, 1.54) is 25.7 Å². The third-order valence-electron chi connectivity index (χ3n) is 3.16. The molecule has 0 aromatic heterocycles. The summed E-state index contributed by atoms with van der Waals surface area (Å²) in [5, 5.41) is 0. The first-order chi connectivity index (χ1) is 7.09. The number of likely N-dealkylation sites (tertiary alicyclic amines) is 1. The minimum absolute atomic E-state index is 0.285. The molecule has 1 aliphatic rings. The average molecular weight is 210 g/mol. The van der Waals surface area contributed by atoms with Crippen LogP contribution in [0, 0.1) is 0 Å². The number of carbonyl (C=O) groups excluding carboxylic acids is 1. The number of hydrogen-bond acceptors (Lipinski definition) is 3. The number of aliphatic imine (C=N–C) groups is 1. The van der Waals surface area contributed by atoms with Crippen LogP contribution >= 0.6 is 0 Å². The first-order valence-corrected chi connectivity index (χ1v) is 5.92. The van der Waals surface area contributed by atoms with Crippen molar-refractivity contribution in [1.82, 2.24) is 4.90 Å². The van der Waals surface area contributed by atoms with Crippen LogP contribution in [-0.4, -0.2) is 35.7 Å². The zero-order valence-electron chi connectivity index (χ0n) is 10.1. The van der Waals surface area contributed by atoms with Crippen molar-refractivity contribution in [2.75, 3.05) is 13.1 Å². The van der Waals surface area contributed by atoms with E-state index in [1.54, 1.807) is 6.08 Å². The lowest BCUT2D eigenvalue weighted by molar-refractivity contribution is 0.120. The van der Waals surface area contributed by atoms with Crippen molar-refractivity contribution in [1.29, 1.82) is 0 Å². The Balaban J connectivity index is 2.58. The van der Waals surface area contributed by atoms with Gasteiger partial charge in [0.1, 0.15) is 0 Å². The van der Waals surface area contributed by atoms with Gasteiger partial charge in [0.2, 0.25) is 6.08 Å². The maximum Gasteiger partial charge on any atom is 0.235 e. The first kappa shape index (κ1) is 12.4. The van der Waals surface area contributed by atoms with Crippen LogP contribution in [0.15, 0.2) is 4.99 Å². The third kappa shape index (κ3) is 3.77. The van der Waals surface area contributed by atoms with Gasteiger partial charge in [-0.2, -0.15) is 4.99 Å². The number of isocyanates is 1. The number of piperidine rings is 1. The molecule has 1 atom stereocenters. The zero-order valence-corrected chi connectivity index (χ0v) is 10.1. The van der Waals surface area contributed by atoms with Gasteiger partial charge < -0.3 is 0 Å². The predicted octanol–water partition coefficient (Wildman–Crippen LogP) is 2.37. The van der Waals surface area contributed by atoms with Crippen LogP contribution in [0.5, 0.6) is 0 Å². The fourth-order valence-corrected chi connectivity index (χ4v) is 2.39. The molecule has 1 rings (SSSR count). The lowest BCUT2D eigenvalue weighted by Gasteiger charge is -2.38. The Labute approximate surface area is 92.6 Å². The first-order valence-electron chi connectivity index (χ1n) is 5.92. The largest absolute Gasteiger partial charge is 0.298 e. The molecule has 3 heteroatoms. The summed E-state index contributed by atoms with van der Waals surface area (Å²) in [6, 6.07) is 0.680. The summed E-state index contributed by atoms with van der Waals surface area (Å²) in [6.07, 6.45) is 6.78. The Bertz CT molecular complexity index is 244. The minimum atomic E-state index is -0.285. The molecule has 15 heavy (non-hydrogen) atoms. The molecule has 0 saturated carbocycles. The molecule has 0 N–H and O–H groups in total. The second-order valence-electron chi connectivity index (χ2n) is 5.04. The molecule has 0 amide bonds.